The molecule has 0 aromatic carbocycles. The van der Waals surface area contributed by atoms with Crippen LogP contribution in [0.5, 0.6) is 0 Å². The van der Waals surface area contributed by atoms with Gasteiger partial charge in [0.05, 0.1) is 18.5 Å². The van der Waals surface area contributed by atoms with E-state index in [1.807, 2.05) is 19.9 Å². The summed E-state index contributed by atoms with van der Waals surface area (Å²) < 4.78 is 11.7. The summed E-state index contributed by atoms with van der Waals surface area (Å²) in [5.41, 5.74) is 1.24. The molecule has 3 heterocycles. The number of aromatic nitrogens is 3. The molecule has 0 aliphatic heterocycles. The molecule has 3 aromatic rings. The largest absolute Gasteiger partial charge is 0.462 e. The molecule has 0 radical (unpaired) electrons. The Morgan fingerprint density at radius 3 is 2.63 bits per heavy atom. The molecule has 0 atom stereocenters. The van der Waals surface area contributed by atoms with E-state index in [9.17, 15) is 9.59 Å². The van der Waals surface area contributed by atoms with Crippen molar-refractivity contribution < 1.29 is 19.1 Å². The van der Waals surface area contributed by atoms with Crippen molar-refractivity contribution in [3.8, 4) is 10.4 Å². The smallest absolute Gasteiger partial charge is 0.435 e. The summed E-state index contributed by atoms with van der Waals surface area (Å²) in [5, 5.41) is 8.29. The van der Waals surface area contributed by atoms with Crippen LogP contribution in [0, 0.1) is 0 Å². The van der Waals surface area contributed by atoms with E-state index in [-0.39, 0.29) is 12.6 Å². The van der Waals surface area contributed by atoms with E-state index in [1.165, 1.54) is 22.2 Å². The van der Waals surface area contributed by atoms with Gasteiger partial charge in [0.2, 0.25) is 0 Å². The van der Waals surface area contributed by atoms with Crippen molar-refractivity contribution in [3.05, 3.63) is 30.2 Å². The van der Waals surface area contributed by atoms with Crippen LogP contribution in [-0.2, 0) is 9.47 Å². The van der Waals surface area contributed by atoms with Crippen molar-refractivity contribution in [1.82, 2.24) is 14.8 Å². The van der Waals surface area contributed by atoms with Gasteiger partial charge >= 0.3 is 12.1 Å². The number of nitrogens with one attached hydrogen (secondary N) is 1. The minimum atomic E-state index is -0.606. The second-order valence-corrected chi connectivity index (χ2v) is 9.08. The summed E-state index contributed by atoms with van der Waals surface area (Å²) >= 11 is 1.45. The van der Waals surface area contributed by atoms with Gasteiger partial charge in [-0.2, -0.15) is 9.78 Å². The van der Waals surface area contributed by atoms with Gasteiger partial charge in [0, 0.05) is 34.3 Å². The van der Waals surface area contributed by atoms with E-state index in [4.69, 9.17) is 9.47 Å². The molecule has 9 heteroatoms. The average Bonchev–Trinajstić information content (AvgIpc) is 3.27. The monoisotopic (exact) mass is 430 g/mol. The number of esters is 1. The van der Waals surface area contributed by atoms with Gasteiger partial charge in [0.25, 0.3) is 0 Å². The van der Waals surface area contributed by atoms with Crippen LogP contribution in [0.4, 0.5) is 10.5 Å². The lowest BCUT2D eigenvalue weighted by Gasteiger charge is -2.18. The molecule has 0 aliphatic carbocycles. The quantitative estimate of drug-likeness (QED) is 0.573. The van der Waals surface area contributed by atoms with Gasteiger partial charge in [0.1, 0.15) is 16.0 Å². The van der Waals surface area contributed by atoms with Gasteiger partial charge in [-0.25, -0.2) is 14.6 Å². The molecule has 3 rings (SSSR count). The molecule has 0 saturated heterocycles. The van der Waals surface area contributed by atoms with Crippen LogP contribution in [0.15, 0.2) is 24.7 Å². The first-order chi connectivity index (χ1) is 14.1. The van der Waals surface area contributed by atoms with E-state index in [0.717, 1.165) is 20.7 Å². The van der Waals surface area contributed by atoms with Crippen LogP contribution in [0.25, 0.3) is 20.7 Å². The number of thiophene rings is 1. The maximum absolute atomic E-state index is 12.4. The van der Waals surface area contributed by atoms with Crippen LogP contribution in [0.2, 0.25) is 0 Å². The SMILES string of the molecule is CCOC(=O)c1cnc2sc(-c3cnn(C(=O)OC(C)(C)C)c3)cc2c1NC(C)C. The summed E-state index contributed by atoms with van der Waals surface area (Å²) in [6.45, 7) is 11.5. The molecule has 0 unspecified atom stereocenters. The highest BCUT2D eigenvalue weighted by atomic mass is 32.1. The fraction of sp³-hybridized carbons (Fsp3) is 0.429. The molecule has 0 fully saturated rings. The van der Waals surface area contributed by atoms with E-state index < -0.39 is 17.7 Å². The molecule has 0 spiro atoms. The number of hydrogen-bond donors (Lipinski definition) is 1. The second kappa shape index (κ2) is 8.43. The Morgan fingerprint density at radius 1 is 1.27 bits per heavy atom. The van der Waals surface area contributed by atoms with Gasteiger partial charge in [-0.3, -0.25) is 0 Å². The molecule has 0 aliphatic rings. The number of hydrogen-bond acceptors (Lipinski definition) is 8. The van der Waals surface area contributed by atoms with Gasteiger partial charge in [-0.1, -0.05) is 0 Å². The predicted octanol–water partition coefficient (Wildman–Crippen LogP) is 4.94. The molecule has 0 saturated carbocycles. The van der Waals surface area contributed by atoms with Crippen LogP contribution in [0.3, 0.4) is 0 Å². The molecular weight excluding hydrogens is 404 g/mol. The topological polar surface area (TPSA) is 95.3 Å². The highest BCUT2D eigenvalue weighted by molar-refractivity contribution is 7.21. The summed E-state index contributed by atoms with van der Waals surface area (Å²) in [7, 11) is 0. The Labute approximate surface area is 179 Å². The number of pyridine rings is 1. The molecular formula is C21H26N4O4S. The zero-order chi connectivity index (χ0) is 22.1. The van der Waals surface area contributed by atoms with E-state index >= 15 is 0 Å². The molecule has 3 aromatic heterocycles. The van der Waals surface area contributed by atoms with Crippen molar-refractivity contribution >= 4 is 39.3 Å². The third kappa shape index (κ3) is 4.79. The van der Waals surface area contributed by atoms with Crippen molar-refractivity contribution in [1.29, 1.82) is 0 Å². The van der Waals surface area contributed by atoms with Crippen molar-refractivity contribution in [2.45, 2.75) is 53.2 Å². The van der Waals surface area contributed by atoms with Gasteiger partial charge in [-0.15, -0.1) is 11.3 Å². The lowest BCUT2D eigenvalue weighted by atomic mass is 10.1. The third-order valence-electron chi connectivity index (χ3n) is 3.94. The first-order valence-corrected chi connectivity index (χ1v) is 10.5. The molecule has 1 N–H and O–H groups in total. The Kier molecular flexibility index (Phi) is 6.12. The van der Waals surface area contributed by atoms with Crippen molar-refractivity contribution in [2.75, 3.05) is 11.9 Å². The number of carbonyl (C=O) groups excluding carboxylic acids is 2. The molecule has 0 amide bonds. The normalized spacial score (nSPS) is 11.7. The van der Waals surface area contributed by atoms with E-state index in [0.29, 0.717) is 11.3 Å². The standard InChI is InChI=1S/C21H26N4O4S/c1-7-28-19(26)15-10-22-18-14(17(15)24-12(2)3)8-16(30-18)13-9-23-25(11-13)20(27)29-21(4,5)6/h8-12H,7H2,1-6H3,(H,22,24). The predicted molar refractivity (Wildman–Crippen MR) is 117 cm³/mol. The number of carbonyl (C=O) groups is 2. The number of ether oxygens (including phenoxy) is 2. The lowest BCUT2D eigenvalue weighted by molar-refractivity contribution is 0.0509. The van der Waals surface area contributed by atoms with Crippen LogP contribution in [-0.4, -0.2) is 45.1 Å². The molecule has 30 heavy (non-hydrogen) atoms. The highest BCUT2D eigenvalue weighted by Crippen LogP contribution is 2.37. The Balaban J connectivity index is 2.01. The summed E-state index contributed by atoms with van der Waals surface area (Å²) in [6, 6.07) is 2.05. The minimum absolute atomic E-state index is 0.113. The maximum Gasteiger partial charge on any atom is 0.435 e. The van der Waals surface area contributed by atoms with E-state index in [1.54, 1.807) is 40.1 Å². The highest BCUT2D eigenvalue weighted by Gasteiger charge is 2.21. The summed E-state index contributed by atoms with van der Waals surface area (Å²) in [5.74, 6) is -0.416. The number of rotatable bonds is 5. The van der Waals surface area contributed by atoms with Gasteiger partial charge < -0.3 is 14.8 Å². The van der Waals surface area contributed by atoms with Crippen LogP contribution < -0.4 is 5.32 Å². The zero-order valence-electron chi connectivity index (χ0n) is 18.0. The average molecular weight is 431 g/mol. The van der Waals surface area contributed by atoms with Gasteiger partial charge in [-0.05, 0) is 47.6 Å². The Hall–Kier alpha value is -2.94. The van der Waals surface area contributed by atoms with Crippen LogP contribution in [0.1, 0.15) is 51.9 Å². The van der Waals surface area contributed by atoms with Crippen molar-refractivity contribution in [2.24, 2.45) is 0 Å². The maximum atomic E-state index is 12.4. The Morgan fingerprint density at radius 2 is 2.00 bits per heavy atom. The first-order valence-electron chi connectivity index (χ1n) is 9.73. The molecule has 8 nitrogen and oxygen atoms in total. The van der Waals surface area contributed by atoms with Crippen LogP contribution >= 0.6 is 11.3 Å². The van der Waals surface area contributed by atoms with Gasteiger partial charge in [0.15, 0.2) is 0 Å². The third-order valence-corrected chi connectivity index (χ3v) is 5.03. The zero-order valence-corrected chi connectivity index (χ0v) is 18.8. The fourth-order valence-corrected chi connectivity index (χ4v) is 3.78. The van der Waals surface area contributed by atoms with Crippen molar-refractivity contribution in [3.63, 3.8) is 0 Å². The summed E-state index contributed by atoms with van der Waals surface area (Å²) in [4.78, 5) is 30.7. The second-order valence-electron chi connectivity index (χ2n) is 8.05. The summed E-state index contributed by atoms with van der Waals surface area (Å²) in [6.07, 6.45) is 4.23. The lowest BCUT2D eigenvalue weighted by Crippen LogP contribution is -2.27. The molecule has 160 valence electrons. The molecule has 0 bridgehead atoms. The Bertz CT molecular complexity index is 1080. The number of fused-ring (bicyclic) bond motifs is 1. The first kappa shape index (κ1) is 21.8. The number of anilines is 1. The van der Waals surface area contributed by atoms with E-state index in [2.05, 4.69) is 15.4 Å². The number of nitrogens with zero attached hydrogens (tertiary/aromatic N) is 3. The fourth-order valence-electron chi connectivity index (χ4n) is 2.80. The minimum Gasteiger partial charge on any atom is -0.462 e.